The Kier molecular flexibility index (Phi) is 3.67. The van der Waals surface area contributed by atoms with Gasteiger partial charge < -0.3 is 9.72 Å². The minimum absolute atomic E-state index is 0.0775. The van der Waals surface area contributed by atoms with Crippen molar-refractivity contribution in [3.63, 3.8) is 0 Å². The van der Waals surface area contributed by atoms with Crippen LogP contribution in [-0.4, -0.2) is 17.9 Å². The first kappa shape index (κ1) is 13.7. The average Bonchev–Trinajstić information content (AvgIpc) is 2.91. The topological polar surface area (TPSA) is 42.1 Å². The number of aromatic amines is 1. The van der Waals surface area contributed by atoms with Crippen molar-refractivity contribution in [2.75, 3.05) is 7.11 Å². The van der Waals surface area contributed by atoms with Gasteiger partial charge in [0.15, 0.2) is 5.78 Å². The molecule has 0 aliphatic heterocycles. The summed E-state index contributed by atoms with van der Waals surface area (Å²) in [5.74, 6) is 0.863. The Labute approximate surface area is 127 Å². The summed E-state index contributed by atoms with van der Waals surface area (Å²) >= 11 is 5.95. The normalized spacial score (nSPS) is 10.8. The van der Waals surface area contributed by atoms with Gasteiger partial charge >= 0.3 is 0 Å². The summed E-state index contributed by atoms with van der Waals surface area (Å²) in [4.78, 5) is 15.5. The van der Waals surface area contributed by atoms with Gasteiger partial charge in [-0.05, 0) is 29.8 Å². The molecule has 0 radical (unpaired) electrons. The second kappa shape index (κ2) is 5.62. The zero-order valence-electron chi connectivity index (χ0n) is 11.5. The summed E-state index contributed by atoms with van der Waals surface area (Å²) in [6.07, 6.45) is 2.10. The molecule has 0 amide bonds. The van der Waals surface area contributed by atoms with E-state index in [2.05, 4.69) is 4.98 Å². The number of methoxy groups -OCH3 is 1. The Morgan fingerprint density at radius 1 is 1.19 bits per heavy atom. The predicted octanol–water partition coefficient (Wildman–Crippen LogP) is 4.26. The molecule has 1 heterocycles. The van der Waals surface area contributed by atoms with Crippen LogP contribution in [0.3, 0.4) is 0 Å². The molecule has 0 fully saturated rings. The van der Waals surface area contributed by atoms with E-state index in [-0.39, 0.29) is 5.78 Å². The summed E-state index contributed by atoms with van der Waals surface area (Å²) in [6.45, 7) is 0. The zero-order chi connectivity index (χ0) is 14.8. The van der Waals surface area contributed by atoms with Crippen molar-refractivity contribution in [1.29, 1.82) is 0 Å². The Morgan fingerprint density at radius 2 is 1.95 bits per heavy atom. The van der Waals surface area contributed by atoms with Gasteiger partial charge in [0.05, 0.1) is 7.11 Å². The molecule has 0 spiro atoms. The molecular formula is C17H14ClNO2. The largest absolute Gasteiger partial charge is 0.497 e. The number of Topliss-reactive ketones (excluding diaryl/α,β-unsaturated/α-hetero) is 1. The molecule has 3 aromatic rings. The molecule has 0 aliphatic carbocycles. The van der Waals surface area contributed by atoms with Crippen molar-refractivity contribution in [3.05, 3.63) is 64.8 Å². The van der Waals surface area contributed by atoms with Crippen LogP contribution in [0.15, 0.2) is 48.7 Å². The van der Waals surface area contributed by atoms with Crippen LogP contribution in [0, 0.1) is 0 Å². The second-order valence-electron chi connectivity index (χ2n) is 4.84. The lowest BCUT2D eigenvalue weighted by molar-refractivity contribution is 0.0994. The molecule has 1 N–H and O–H groups in total. The molecule has 2 aromatic carbocycles. The van der Waals surface area contributed by atoms with Gasteiger partial charge in [0.2, 0.25) is 0 Å². The summed E-state index contributed by atoms with van der Waals surface area (Å²) < 4.78 is 5.11. The molecule has 0 aliphatic rings. The number of ether oxygens (including phenoxy) is 1. The van der Waals surface area contributed by atoms with Gasteiger partial charge in [-0.15, -0.1) is 0 Å². The first-order chi connectivity index (χ1) is 10.2. The Hall–Kier alpha value is -2.26. The van der Waals surface area contributed by atoms with Crippen molar-refractivity contribution in [1.82, 2.24) is 4.98 Å². The maximum Gasteiger partial charge on any atom is 0.169 e. The first-order valence-electron chi connectivity index (χ1n) is 6.60. The number of nitrogens with one attached hydrogen (secondary N) is 1. The van der Waals surface area contributed by atoms with Crippen LogP contribution in [0.5, 0.6) is 5.75 Å². The summed E-state index contributed by atoms with van der Waals surface area (Å²) in [5.41, 5.74) is 2.53. The van der Waals surface area contributed by atoms with E-state index < -0.39 is 0 Å². The van der Waals surface area contributed by atoms with Gasteiger partial charge in [-0.1, -0.05) is 29.8 Å². The van der Waals surface area contributed by atoms with Crippen molar-refractivity contribution >= 4 is 28.3 Å². The van der Waals surface area contributed by atoms with Gasteiger partial charge in [-0.3, -0.25) is 4.79 Å². The van der Waals surface area contributed by atoms with Gasteiger partial charge in [-0.25, -0.2) is 0 Å². The highest BCUT2D eigenvalue weighted by atomic mass is 35.5. The van der Waals surface area contributed by atoms with Crippen LogP contribution in [0.25, 0.3) is 10.9 Å². The van der Waals surface area contributed by atoms with E-state index in [1.807, 2.05) is 36.4 Å². The van der Waals surface area contributed by atoms with Crippen LogP contribution in [-0.2, 0) is 6.42 Å². The van der Waals surface area contributed by atoms with E-state index in [9.17, 15) is 4.79 Å². The number of rotatable bonds is 4. The molecule has 106 valence electrons. The van der Waals surface area contributed by atoms with E-state index in [1.54, 1.807) is 19.4 Å². The van der Waals surface area contributed by atoms with Gasteiger partial charge in [0, 0.05) is 34.1 Å². The van der Waals surface area contributed by atoms with E-state index in [0.717, 1.165) is 22.2 Å². The predicted molar refractivity (Wildman–Crippen MR) is 84.3 cm³/mol. The summed E-state index contributed by atoms with van der Waals surface area (Å²) in [5, 5.41) is 1.55. The fourth-order valence-corrected chi connectivity index (χ4v) is 2.53. The summed E-state index contributed by atoms with van der Waals surface area (Å²) in [6, 6.07) is 13.0. The Bertz CT molecular complexity index is 790. The quantitative estimate of drug-likeness (QED) is 0.732. The van der Waals surface area contributed by atoms with Crippen molar-refractivity contribution in [3.8, 4) is 5.75 Å². The number of halogens is 1. The highest BCUT2D eigenvalue weighted by Gasteiger charge is 2.13. The number of carbonyl (C=O) groups is 1. The van der Waals surface area contributed by atoms with Crippen LogP contribution in [0.4, 0.5) is 0 Å². The fourth-order valence-electron chi connectivity index (χ4n) is 2.35. The first-order valence-corrected chi connectivity index (χ1v) is 6.98. The Morgan fingerprint density at radius 3 is 2.67 bits per heavy atom. The number of hydrogen-bond donors (Lipinski definition) is 1. The number of benzene rings is 2. The molecule has 0 unspecified atom stereocenters. The highest BCUT2D eigenvalue weighted by molar-refractivity contribution is 6.31. The van der Waals surface area contributed by atoms with Crippen molar-refractivity contribution in [2.45, 2.75) is 6.42 Å². The molecule has 21 heavy (non-hydrogen) atoms. The van der Waals surface area contributed by atoms with E-state index >= 15 is 0 Å². The molecular weight excluding hydrogens is 286 g/mol. The molecule has 0 saturated carbocycles. The van der Waals surface area contributed by atoms with Crippen molar-refractivity contribution < 1.29 is 9.53 Å². The molecule has 3 nitrogen and oxygen atoms in total. The third-order valence-corrected chi connectivity index (χ3v) is 3.70. The van der Waals surface area contributed by atoms with Crippen LogP contribution in [0.1, 0.15) is 15.9 Å². The fraction of sp³-hybridized carbons (Fsp3) is 0.118. The van der Waals surface area contributed by atoms with E-state index in [4.69, 9.17) is 16.3 Å². The summed E-state index contributed by atoms with van der Waals surface area (Å²) in [7, 11) is 1.62. The Balaban J connectivity index is 1.86. The number of hydrogen-bond acceptors (Lipinski definition) is 2. The van der Waals surface area contributed by atoms with Crippen LogP contribution < -0.4 is 4.74 Å². The maximum absolute atomic E-state index is 12.4. The van der Waals surface area contributed by atoms with Crippen LogP contribution in [0.2, 0.25) is 5.02 Å². The minimum atomic E-state index is 0.0775. The van der Waals surface area contributed by atoms with Crippen LogP contribution >= 0.6 is 11.6 Å². The number of fused-ring (bicyclic) bond motifs is 1. The van der Waals surface area contributed by atoms with Gasteiger partial charge in [0.1, 0.15) is 5.75 Å². The highest BCUT2D eigenvalue weighted by Crippen LogP contribution is 2.23. The van der Waals surface area contributed by atoms with Gasteiger partial charge in [-0.2, -0.15) is 0 Å². The second-order valence-corrected chi connectivity index (χ2v) is 5.28. The van der Waals surface area contributed by atoms with Crippen molar-refractivity contribution in [2.24, 2.45) is 0 Å². The number of H-pyrrole nitrogens is 1. The average molecular weight is 300 g/mol. The lowest BCUT2D eigenvalue weighted by atomic mass is 10.0. The maximum atomic E-state index is 12.4. The lowest BCUT2D eigenvalue weighted by Gasteiger charge is -2.03. The lowest BCUT2D eigenvalue weighted by Crippen LogP contribution is -2.02. The number of aromatic nitrogens is 1. The molecule has 1 aromatic heterocycles. The van der Waals surface area contributed by atoms with E-state index in [1.165, 1.54) is 0 Å². The minimum Gasteiger partial charge on any atom is -0.497 e. The SMILES string of the molecule is COc1ccc(CC(=O)c2c[nH]c3cc(Cl)ccc23)cc1. The monoisotopic (exact) mass is 299 g/mol. The standard InChI is InChI=1S/C17H14ClNO2/c1-21-13-5-2-11(3-6-13)8-17(20)15-10-19-16-9-12(18)4-7-14(15)16/h2-7,9-10,19H,8H2,1H3. The molecule has 0 bridgehead atoms. The molecule has 4 heteroatoms. The van der Waals surface area contributed by atoms with E-state index in [0.29, 0.717) is 17.0 Å². The van der Waals surface area contributed by atoms with Gasteiger partial charge in [0.25, 0.3) is 0 Å². The number of carbonyl (C=O) groups excluding carboxylic acids is 1. The third kappa shape index (κ3) is 2.78. The smallest absolute Gasteiger partial charge is 0.169 e. The third-order valence-electron chi connectivity index (χ3n) is 3.47. The molecule has 3 rings (SSSR count). The zero-order valence-corrected chi connectivity index (χ0v) is 12.3. The molecule has 0 saturated heterocycles. The number of ketones is 1. The molecule has 0 atom stereocenters.